The Labute approximate surface area is 160 Å². The highest BCUT2D eigenvalue weighted by Gasteiger charge is 2.18. The Morgan fingerprint density at radius 2 is 1.88 bits per heavy atom. The summed E-state index contributed by atoms with van der Waals surface area (Å²) in [6.07, 6.45) is 0. The Kier molecular flexibility index (Phi) is 4.67. The fraction of sp³-hybridized carbons (Fsp3) is 0.211. The molecule has 0 aliphatic rings. The van der Waals surface area contributed by atoms with Crippen LogP contribution in [0.15, 0.2) is 59.0 Å². The van der Waals surface area contributed by atoms with Gasteiger partial charge < -0.3 is 4.42 Å². The fourth-order valence-corrected chi connectivity index (χ4v) is 3.95. The number of fused-ring (bicyclic) bond motifs is 1. The Bertz CT molecular complexity index is 1050. The largest absolute Gasteiger partial charge is 0.409 e. The zero-order chi connectivity index (χ0) is 18.1. The van der Waals surface area contributed by atoms with E-state index in [2.05, 4.69) is 23.0 Å². The molecular formula is C19H18N4OS2. The van der Waals surface area contributed by atoms with E-state index in [4.69, 9.17) is 21.6 Å². The maximum Gasteiger partial charge on any atom is 0.288 e. The van der Waals surface area contributed by atoms with Gasteiger partial charge in [-0.05, 0) is 50.5 Å². The summed E-state index contributed by atoms with van der Waals surface area (Å²) in [5.74, 6) is 0.539. The first-order valence-electron chi connectivity index (χ1n) is 8.31. The summed E-state index contributed by atoms with van der Waals surface area (Å²) >= 11 is 7.06. The molecule has 0 saturated carbocycles. The van der Waals surface area contributed by atoms with E-state index in [0.29, 0.717) is 17.4 Å². The number of hydrogen-bond donors (Lipinski definition) is 0. The van der Waals surface area contributed by atoms with Crippen molar-refractivity contribution in [3.63, 3.8) is 0 Å². The van der Waals surface area contributed by atoms with Gasteiger partial charge in [-0.3, -0.25) is 4.90 Å². The summed E-state index contributed by atoms with van der Waals surface area (Å²) in [5, 5.41) is 5.60. The van der Waals surface area contributed by atoms with Crippen molar-refractivity contribution in [1.29, 1.82) is 0 Å². The van der Waals surface area contributed by atoms with Crippen LogP contribution >= 0.6 is 23.6 Å². The van der Waals surface area contributed by atoms with E-state index >= 15 is 0 Å². The number of rotatable bonds is 5. The average molecular weight is 383 g/mol. The molecule has 0 radical (unpaired) electrons. The van der Waals surface area contributed by atoms with E-state index in [1.54, 1.807) is 16.0 Å². The summed E-state index contributed by atoms with van der Waals surface area (Å²) in [5.41, 5.74) is 1.95. The van der Waals surface area contributed by atoms with Gasteiger partial charge in [0.15, 0.2) is 0 Å². The van der Waals surface area contributed by atoms with Crippen LogP contribution < -0.4 is 0 Å². The van der Waals surface area contributed by atoms with E-state index in [9.17, 15) is 0 Å². The molecule has 7 heteroatoms. The van der Waals surface area contributed by atoms with Crippen molar-refractivity contribution in [3.05, 3.63) is 64.4 Å². The van der Waals surface area contributed by atoms with Gasteiger partial charge in [-0.25, -0.2) is 9.67 Å². The first kappa shape index (κ1) is 17.1. The number of para-hydroxylation sites is 1. The van der Waals surface area contributed by atoms with Crippen molar-refractivity contribution in [1.82, 2.24) is 19.7 Å². The monoisotopic (exact) mass is 382 g/mol. The third kappa shape index (κ3) is 3.33. The lowest BCUT2D eigenvalue weighted by atomic mass is 10.2. The Hall–Kier alpha value is -2.35. The number of thiazole rings is 1. The minimum absolute atomic E-state index is 0.145. The predicted octanol–water partition coefficient (Wildman–Crippen LogP) is 5.13. The predicted molar refractivity (Wildman–Crippen MR) is 107 cm³/mol. The molecule has 5 nitrogen and oxygen atoms in total. The number of hydrogen-bond acceptors (Lipinski definition) is 6. The van der Waals surface area contributed by atoms with Crippen LogP contribution in [0.5, 0.6) is 0 Å². The van der Waals surface area contributed by atoms with Crippen LogP contribution in [0.4, 0.5) is 0 Å². The molecule has 0 spiro atoms. The molecule has 4 aromatic rings. The Morgan fingerprint density at radius 1 is 1.15 bits per heavy atom. The zero-order valence-corrected chi connectivity index (χ0v) is 16.1. The molecule has 0 aliphatic heterocycles. The molecule has 0 fully saturated rings. The van der Waals surface area contributed by atoms with E-state index in [1.807, 2.05) is 55.6 Å². The highest BCUT2D eigenvalue weighted by Crippen LogP contribution is 2.29. The van der Waals surface area contributed by atoms with Gasteiger partial charge in [0.05, 0.1) is 22.9 Å². The van der Waals surface area contributed by atoms with Gasteiger partial charge in [-0.2, -0.15) is 0 Å². The lowest BCUT2D eigenvalue weighted by Crippen LogP contribution is -2.26. The first-order valence-corrected chi connectivity index (χ1v) is 9.53. The number of benzene rings is 2. The smallest absolute Gasteiger partial charge is 0.288 e. The van der Waals surface area contributed by atoms with Crippen LogP contribution in [-0.2, 0) is 6.67 Å². The fourth-order valence-electron chi connectivity index (χ4n) is 2.68. The van der Waals surface area contributed by atoms with Crippen LogP contribution in [-0.4, -0.2) is 26.7 Å². The van der Waals surface area contributed by atoms with Crippen molar-refractivity contribution < 1.29 is 4.42 Å². The molecule has 132 valence electrons. The summed E-state index contributed by atoms with van der Waals surface area (Å²) in [6, 6.07) is 18.1. The van der Waals surface area contributed by atoms with E-state index in [0.717, 1.165) is 16.1 Å². The number of aromatic nitrogens is 3. The molecule has 4 rings (SSSR count). The normalized spacial score (nSPS) is 12.7. The van der Waals surface area contributed by atoms with Crippen molar-refractivity contribution >= 4 is 33.8 Å². The highest BCUT2D eigenvalue weighted by atomic mass is 32.1. The second-order valence-corrected chi connectivity index (χ2v) is 7.54. The van der Waals surface area contributed by atoms with Crippen LogP contribution in [0, 0.1) is 4.84 Å². The Balaban J connectivity index is 1.55. The van der Waals surface area contributed by atoms with Crippen LogP contribution in [0.1, 0.15) is 18.0 Å². The minimum atomic E-state index is 0.145. The zero-order valence-electron chi connectivity index (χ0n) is 14.5. The van der Waals surface area contributed by atoms with Crippen LogP contribution in [0.25, 0.3) is 21.7 Å². The van der Waals surface area contributed by atoms with Crippen molar-refractivity contribution in [2.45, 2.75) is 19.6 Å². The van der Waals surface area contributed by atoms with Crippen molar-refractivity contribution in [2.24, 2.45) is 0 Å². The van der Waals surface area contributed by atoms with Crippen LogP contribution in [0.3, 0.4) is 0 Å². The average Bonchev–Trinajstić information content (AvgIpc) is 3.25. The molecule has 0 bridgehead atoms. The number of nitrogens with zero attached hydrogens (tertiary/aromatic N) is 4. The minimum Gasteiger partial charge on any atom is -0.409 e. The standard InChI is InChI=1S/C19H18N4OS2/c1-13(18-20-15-10-6-7-11-16(15)26-18)22(2)12-23-19(25)24-17(21-23)14-8-4-3-5-9-14/h3-11,13H,12H2,1-2H3/t13-/m1/s1. The molecule has 2 aromatic heterocycles. The molecule has 2 heterocycles. The van der Waals surface area contributed by atoms with Crippen molar-refractivity contribution in [2.75, 3.05) is 7.05 Å². The van der Waals surface area contributed by atoms with Gasteiger partial charge in [0, 0.05) is 5.56 Å². The summed E-state index contributed by atoms with van der Waals surface area (Å²) in [6.45, 7) is 2.67. The quantitative estimate of drug-likeness (QED) is 0.448. The first-order chi connectivity index (χ1) is 12.6. The molecule has 26 heavy (non-hydrogen) atoms. The second kappa shape index (κ2) is 7.11. The third-order valence-electron chi connectivity index (χ3n) is 4.31. The Morgan fingerprint density at radius 3 is 2.65 bits per heavy atom. The topological polar surface area (TPSA) is 47.1 Å². The molecule has 0 unspecified atom stereocenters. The molecular weight excluding hydrogens is 364 g/mol. The molecule has 1 atom stereocenters. The van der Waals surface area contributed by atoms with Crippen molar-refractivity contribution in [3.8, 4) is 11.5 Å². The van der Waals surface area contributed by atoms with E-state index in [1.165, 1.54) is 4.70 Å². The van der Waals surface area contributed by atoms with Gasteiger partial charge >= 0.3 is 0 Å². The van der Waals surface area contributed by atoms with Gasteiger partial charge in [-0.15, -0.1) is 16.4 Å². The SMILES string of the molecule is C[C@H](c1nc2ccccc2s1)N(C)Cn1nc(-c2ccccc2)oc1=S. The maximum atomic E-state index is 5.66. The highest BCUT2D eigenvalue weighted by molar-refractivity contribution is 7.71. The molecule has 0 N–H and O–H groups in total. The lowest BCUT2D eigenvalue weighted by Gasteiger charge is -2.22. The maximum absolute atomic E-state index is 5.66. The lowest BCUT2D eigenvalue weighted by molar-refractivity contribution is 0.192. The molecule has 0 aliphatic carbocycles. The molecule has 0 saturated heterocycles. The van der Waals surface area contributed by atoms with Gasteiger partial charge in [0.1, 0.15) is 5.01 Å². The van der Waals surface area contributed by atoms with E-state index in [-0.39, 0.29) is 6.04 Å². The summed E-state index contributed by atoms with van der Waals surface area (Å²) in [7, 11) is 2.04. The van der Waals surface area contributed by atoms with Gasteiger partial charge in [0.2, 0.25) is 5.89 Å². The summed E-state index contributed by atoms with van der Waals surface area (Å²) < 4.78 is 8.57. The molecule has 2 aromatic carbocycles. The molecule has 0 amide bonds. The van der Waals surface area contributed by atoms with Crippen LogP contribution in [0.2, 0.25) is 0 Å². The second-order valence-electron chi connectivity index (χ2n) is 6.13. The van der Waals surface area contributed by atoms with Gasteiger partial charge in [-0.1, -0.05) is 30.3 Å². The summed E-state index contributed by atoms with van der Waals surface area (Å²) in [4.78, 5) is 7.27. The van der Waals surface area contributed by atoms with Gasteiger partial charge in [0.25, 0.3) is 4.84 Å². The third-order valence-corrected chi connectivity index (χ3v) is 5.81. The van der Waals surface area contributed by atoms with E-state index < -0.39 is 0 Å².